The van der Waals surface area contributed by atoms with Crippen LogP contribution < -0.4 is 4.90 Å². The Morgan fingerprint density at radius 3 is 2.39 bits per heavy atom. The molecule has 0 aliphatic carbocycles. The van der Waals surface area contributed by atoms with Crippen LogP contribution in [-0.2, 0) is 4.79 Å². The molecule has 2 aromatic carbocycles. The van der Waals surface area contributed by atoms with Crippen molar-refractivity contribution >= 4 is 40.8 Å². The number of halogens is 1. The molecule has 0 spiro atoms. The molecule has 2 fully saturated rings. The first-order valence-corrected chi connectivity index (χ1v) is 10.2. The Morgan fingerprint density at radius 2 is 1.74 bits per heavy atom. The molecule has 2 aromatic rings. The van der Waals surface area contributed by atoms with Crippen LogP contribution >= 0.6 is 11.6 Å². The minimum atomic E-state index is -0.608. The molecule has 4 rings (SSSR count). The lowest BCUT2D eigenvalue weighted by Crippen LogP contribution is -2.48. The van der Waals surface area contributed by atoms with Gasteiger partial charge in [-0.1, -0.05) is 29.8 Å². The average molecular weight is 443 g/mol. The maximum atomic E-state index is 12.9. The van der Waals surface area contributed by atoms with Crippen molar-refractivity contribution in [3.05, 3.63) is 69.2 Å². The smallest absolute Gasteiger partial charge is 0.332 e. The highest BCUT2D eigenvalue weighted by Crippen LogP contribution is 2.29. The van der Waals surface area contributed by atoms with Gasteiger partial charge in [-0.15, -0.1) is 0 Å². The number of likely N-dealkylation sites (tertiary alicyclic amines) is 1. The van der Waals surface area contributed by atoms with Gasteiger partial charge in [0.1, 0.15) is 12.1 Å². The number of nitrogens with zero attached hydrogens (tertiary/aromatic N) is 4. The maximum Gasteiger partial charge on any atom is 0.332 e. The van der Waals surface area contributed by atoms with Gasteiger partial charge in [-0.2, -0.15) is 0 Å². The number of hydrogen-bond donors (Lipinski definition) is 0. The number of para-hydroxylation sites is 1. The molecule has 2 aliphatic rings. The second-order valence-corrected chi connectivity index (χ2v) is 7.85. The molecule has 4 amide bonds. The number of hydrogen-bond acceptors (Lipinski definition) is 5. The molecular weight excluding hydrogens is 424 g/mol. The first kappa shape index (κ1) is 20.8. The van der Waals surface area contributed by atoms with E-state index in [1.165, 1.54) is 28.0 Å². The van der Waals surface area contributed by atoms with Crippen LogP contribution in [0, 0.1) is 10.1 Å². The molecule has 9 nitrogen and oxygen atoms in total. The van der Waals surface area contributed by atoms with Crippen LogP contribution in [0.4, 0.5) is 16.2 Å². The summed E-state index contributed by atoms with van der Waals surface area (Å²) in [4.78, 5) is 53.1. The normalized spacial score (nSPS) is 17.4. The predicted molar refractivity (Wildman–Crippen MR) is 113 cm³/mol. The fourth-order valence-electron chi connectivity index (χ4n) is 4.03. The number of amides is 4. The Hall–Kier alpha value is -3.46. The van der Waals surface area contributed by atoms with E-state index in [4.69, 9.17) is 11.6 Å². The summed E-state index contributed by atoms with van der Waals surface area (Å²) in [5.74, 6) is -0.758. The zero-order chi connectivity index (χ0) is 22.1. The summed E-state index contributed by atoms with van der Waals surface area (Å²) in [5.41, 5.74) is 0.176. The van der Waals surface area contributed by atoms with Crippen LogP contribution in [0.5, 0.6) is 0 Å². The lowest BCUT2D eigenvalue weighted by atomic mass is 10.0. The number of benzene rings is 2. The SMILES string of the molecule is O=C(c1cc(Cl)ccc1[N+](=O)[O-])N1CCC(N2CC(=O)N(c3ccccc3)C2=O)CC1. The Balaban J connectivity index is 1.44. The van der Waals surface area contributed by atoms with Crippen molar-refractivity contribution in [1.82, 2.24) is 9.80 Å². The molecule has 0 unspecified atom stereocenters. The van der Waals surface area contributed by atoms with E-state index in [-0.39, 0.29) is 40.8 Å². The Morgan fingerprint density at radius 1 is 1.06 bits per heavy atom. The lowest BCUT2D eigenvalue weighted by molar-refractivity contribution is -0.385. The van der Waals surface area contributed by atoms with Gasteiger partial charge < -0.3 is 9.80 Å². The molecule has 2 saturated heterocycles. The Bertz CT molecular complexity index is 1050. The second-order valence-electron chi connectivity index (χ2n) is 7.42. The molecule has 2 heterocycles. The third kappa shape index (κ3) is 3.96. The highest BCUT2D eigenvalue weighted by Gasteiger charge is 2.42. The number of urea groups is 1. The van der Waals surface area contributed by atoms with E-state index in [0.29, 0.717) is 31.6 Å². The minimum absolute atomic E-state index is 0.00783. The number of carbonyl (C=O) groups is 3. The van der Waals surface area contributed by atoms with E-state index >= 15 is 0 Å². The van der Waals surface area contributed by atoms with Crippen molar-refractivity contribution in [2.75, 3.05) is 24.5 Å². The topological polar surface area (TPSA) is 104 Å². The highest BCUT2D eigenvalue weighted by atomic mass is 35.5. The monoisotopic (exact) mass is 442 g/mol. The summed E-state index contributed by atoms with van der Waals surface area (Å²) in [5, 5.41) is 11.5. The summed E-state index contributed by atoms with van der Waals surface area (Å²) < 4.78 is 0. The van der Waals surface area contributed by atoms with Crippen LogP contribution in [0.15, 0.2) is 48.5 Å². The zero-order valence-electron chi connectivity index (χ0n) is 16.4. The summed E-state index contributed by atoms with van der Waals surface area (Å²) in [6, 6.07) is 12.1. The summed E-state index contributed by atoms with van der Waals surface area (Å²) in [6.45, 7) is 0.624. The largest absolute Gasteiger partial charge is 0.338 e. The Labute approximate surface area is 182 Å². The quantitative estimate of drug-likeness (QED) is 0.410. The molecule has 2 aliphatic heterocycles. The summed E-state index contributed by atoms with van der Waals surface area (Å²) in [6.07, 6.45) is 0.948. The standard InChI is InChI=1S/C21H19ClN4O5/c22-14-6-7-18(26(30)31)17(12-14)20(28)23-10-8-15(9-11-23)24-13-19(27)25(21(24)29)16-4-2-1-3-5-16/h1-7,12,15H,8-11,13H2. The number of anilines is 1. The predicted octanol–water partition coefficient (Wildman–Crippen LogP) is 3.32. The lowest BCUT2D eigenvalue weighted by Gasteiger charge is -2.36. The number of nitro benzene ring substituents is 1. The van der Waals surface area contributed by atoms with Gasteiger partial charge in [0.2, 0.25) is 0 Å². The van der Waals surface area contributed by atoms with E-state index < -0.39 is 10.8 Å². The summed E-state index contributed by atoms with van der Waals surface area (Å²) in [7, 11) is 0. The van der Waals surface area contributed by atoms with Crippen LogP contribution in [0.1, 0.15) is 23.2 Å². The van der Waals surface area contributed by atoms with Crippen molar-refractivity contribution in [3.63, 3.8) is 0 Å². The first-order chi connectivity index (χ1) is 14.9. The van der Waals surface area contributed by atoms with Crippen molar-refractivity contribution in [2.45, 2.75) is 18.9 Å². The third-order valence-electron chi connectivity index (χ3n) is 5.58. The van der Waals surface area contributed by atoms with Gasteiger partial charge in [0.15, 0.2) is 0 Å². The molecule has 0 radical (unpaired) electrons. The molecule has 0 bridgehead atoms. The van der Waals surface area contributed by atoms with Gasteiger partial charge >= 0.3 is 6.03 Å². The van der Waals surface area contributed by atoms with Gasteiger partial charge in [0.05, 0.1) is 10.6 Å². The molecule has 0 saturated carbocycles. The number of imide groups is 1. The van der Waals surface area contributed by atoms with Crippen LogP contribution in [0.25, 0.3) is 0 Å². The van der Waals surface area contributed by atoms with E-state index in [1.807, 2.05) is 6.07 Å². The van der Waals surface area contributed by atoms with Crippen LogP contribution in [0.3, 0.4) is 0 Å². The van der Waals surface area contributed by atoms with Gasteiger partial charge in [-0.25, -0.2) is 9.69 Å². The molecule has 0 aromatic heterocycles. The zero-order valence-corrected chi connectivity index (χ0v) is 17.2. The molecule has 0 N–H and O–H groups in total. The number of rotatable bonds is 4. The second kappa shape index (κ2) is 8.35. The van der Waals surface area contributed by atoms with E-state index in [9.17, 15) is 24.5 Å². The number of nitro groups is 1. The van der Waals surface area contributed by atoms with Crippen molar-refractivity contribution < 1.29 is 19.3 Å². The maximum absolute atomic E-state index is 12.9. The Kier molecular flexibility index (Phi) is 5.60. The van der Waals surface area contributed by atoms with E-state index in [0.717, 1.165) is 0 Å². The molecule has 31 heavy (non-hydrogen) atoms. The third-order valence-corrected chi connectivity index (χ3v) is 5.82. The van der Waals surface area contributed by atoms with Crippen LogP contribution in [-0.4, -0.2) is 58.2 Å². The molecule has 0 atom stereocenters. The average Bonchev–Trinajstić information content (AvgIpc) is 3.07. The fourth-order valence-corrected chi connectivity index (χ4v) is 4.20. The minimum Gasteiger partial charge on any atom is -0.338 e. The van der Waals surface area contributed by atoms with Crippen molar-refractivity contribution in [3.8, 4) is 0 Å². The van der Waals surface area contributed by atoms with Crippen molar-refractivity contribution in [2.24, 2.45) is 0 Å². The van der Waals surface area contributed by atoms with Gasteiger partial charge in [-0.3, -0.25) is 19.7 Å². The van der Waals surface area contributed by atoms with Gasteiger partial charge in [0.25, 0.3) is 17.5 Å². The first-order valence-electron chi connectivity index (χ1n) is 9.78. The fraction of sp³-hybridized carbons (Fsp3) is 0.286. The van der Waals surface area contributed by atoms with Gasteiger partial charge in [0, 0.05) is 30.2 Å². The highest BCUT2D eigenvalue weighted by molar-refractivity contribution is 6.31. The molecule has 160 valence electrons. The van der Waals surface area contributed by atoms with E-state index in [1.54, 1.807) is 29.2 Å². The van der Waals surface area contributed by atoms with Crippen LogP contribution in [0.2, 0.25) is 5.02 Å². The number of carbonyl (C=O) groups excluding carboxylic acids is 3. The molecule has 10 heteroatoms. The van der Waals surface area contributed by atoms with Gasteiger partial charge in [-0.05, 0) is 37.1 Å². The summed E-state index contributed by atoms with van der Waals surface area (Å²) >= 11 is 5.93. The van der Waals surface area contributed by atoms with E-state index in [2.05, 4.69) is 0 Å². The molecular formula is C21H19ClN4O5. The van der Waals surface area contributed by atoms with Crippen molar-refractivity contribution in [1.29, 1.82) is 0 Å². The number of piperidine rings is 1.